The van der Waals surface area contributed by atoms with Crippen molar-refractivity contribution in [2.45, 2.75) is 19.8 Å². The molecule has 0 aliphatic carbocycles. The molecular weight excluding hydrogens is 300 g/mol. The molecule has 0 spiro atoms. The fourth-order valence-corrected chi connectivity index (χ4v) is 2.80. The molecule has 0 radical (unpaired) electrons. The summed E-state index contributed by atoms with van der Waals surface area (Å²) in [7, 11) is 0. The monoisotopic (exact) mass is 326 g/mol. The van der Waals surface area contributed by atoms with E-state index in [1.54, 1.807) is 0 Å². The van der Waals surface area contributed by atoms with Gasteiger partial charge in [-0.3, -0.25) is 9.79 Å². The average molecular weight is 326 g/mol. The zero-order chi connectivity index (χ0) is 17.2. The second-order valence-corrected chi connectivity index (χ2v) is 5.92. The van der Waals surface area contributed by atoms with E-state index in [0.717, 1.165) is 26.1 Å². The maximum absolute atomic E-state index is 12.2. The summed E-state index contributed by atoms with van der Waals surface area (Å²) in [6.07, 6.45) is 6.74. The molecule has 5 nitrogen and oxygen atoms in total. The maximum atomic E-state index is 12.2. The standard InChI is InChI=1S/C19H26N4O/c1-3-11-21-19(20-4-2)22-14-17-13-18(24)23(15-17)12-10-16-8-6-5-7-9-16/h1,5-9,17H,4,10-15H2,2H3,(H2,20,21,22). The van der Waals surface area contributed by atoms with E-state index in [1.807, 2.05) is 30.0 Å². The highest BCUT2D eigenvalue weighted by Crippen LogP contribution is 2.18. The first-order chi connectivity index (χ1) is 11.7. The molecule has 24 heavy (non-hydrogen) atoms. The maximum Gasteiger partial charge on any atom is 0.223 e. The van der Waals surface area contributed by atoms with Gasteiger partial charge < -0.3 is 15.5 Å². The molecule has 1 aliphatic rings. The van der Waals surface area contributed by atoms with Gasteiger partial charge in [0.15, 0.2) is 5.96 Å². The number of amides is 1. The van der Waals surface area contributed by atoms with E-state index in [0.29, 0.717) is 25.5 Å². The Bertz CT molecular complexity index is 591. The van der Waals surface area contributed by atoms with Gasteiger partial charge in [0.25, 0.3) is 0 Å². The van der Waals surface area contributed by atoms with E-state index in [1.165, 1.54) is 5.56 Å². The molecule has 1 aromatic carbocycles. The number of rotatable bonds is 7. The first-order valence-corrected chi connectivity index (χ1v) is 8.50. The van der Waals surface area contributed by atoms with Gasteiger partial charge in [-0.1, -0.05) is 36.3 Å². The van der Waals surface area contributed by atoms with Crippen molar-refractivity contribution in [2.24, 2.45) is 10.9 Å². The van der Waals surface area contributed by atoms with Crippen molar-refractivity contribution in [1.82, 2.24) is 15.5 Å². The van der Waals surface area contributed by atoms with Crippen molar-refractivity contribution in [3.8, 4) is 12.3 Å². The summed E-state index contributed by atoms with van der Waals surface area (Å²) in [5.41, 5.74) is 1.26. The minimum absolute atomic E-state index is 0.229. The van der Waals surface area contributed by atoms with Crippen molar-refractivity contribution in [3.63, 3.8) is 0 Å². The van der Waals surface area contributed by atoms with Crippen molar-refractivity contribution in [2.75, 3.05) is 32.7 Å². The van der Waals surface area contributed by atoms with E-state index in [2.05, 4.69) is 33.7 Å². The van der Waals surface area contributed by atoms with Crippen LogP contribution in [0.5, 0.6) is 0 Å². The first-order valence-electron chi connectivity index (χ1n) is 8.50. The predicted octanol–water partition coefficient (Wildman–Crippen LogP) is 1.27. The predicted molar refractivity (Wildman–Crippen MR) is 97.6 cm³/mol. The van der Waals surface area contributed by atoms with Crippen LogP contribution in [0.15, 0.2) is 35.3 Å². The molecule has 128 valence electrons. The Hall–Kier alpha value is -2.48. The molecule has 2 N–H and O–H groups in total. The number of carbonyl (C=O) groups excluding carboxylic acids is 1. The Morgan fingerprint density at radius 3 is 2.88 bits per heavy atom. The molecule has 1 unspecified atom stereocenters. The molecule has 2 rings (SSSR count). The SMILES string of the molecule is C#CCNC(=NCC1CC(=O)N(CCc2ccccc2)C1)NCC. The number of carbonyl (C=O) groups is 1. The van der Waals surface area contributed by atoms with Crippen LogP contribution in [0.1, 0.15) is 18.9 Å². The molecule has 1 atom stereocenters. The highest BCUT2D eigenvalue weighted by atomic mass is 16.2. The molecule has 5 heteroatoms. The van der Waals surface area contributed by atoms with Crippen molar-refractivity contribution < 1.29 is 4.79 Å². The number of aliphatic imine (C=N–C) groups is 1. The molecule has 1 fully saturated rings. The van der Waals surface area contributed by atoms with Gasteiger partial charge in [-0.15, -0.1) is 6.42 Å². The molecular formula is C19H26N4O. The lowest BCUT2D eigenvalue weighted by Gasteiger charge is -2.16. The van der Waals surface area contributed by atoms with Gasteiger partial charge in [-0.05, 0) is 18.9 Å². The smallest absolute Gasteiger partial charge is 0.223 e. The first kappa shape index (κ1) is 17.9. The molecule has 1 amide bonds. The molecule has 1 aliphatic heterocycles. The Labute approximate surface area is 144 Å². The Balaban J connectivity index is 1.81. The third-order valence-electron chi connectivity index (χ3n) is 4.02. The van der Waals surface area contributed by atoms with Gasteiger partial charge in [0, 0.05) is 38.5 Å². The van der Waals surface area contributed by atoms with Crippen molar-refractivity contribution in [1.29, 1.82) is 0 Å². The molecule has 1 aromatic rings. The lowest BCUT2D eigenvalue weighted by atomic mass is 10.1. The van der Waals surface area contributed by atoms with Crippen LogP contribution in [0, 0.1) is 18.3 Å². The number of hydrogen-bond acceptors (Lipinski definition) is 2. The Kier molecular flexibility index (Phi) is 7.16. The summed E-state index contributed by atoms with van der Waals surface area (Å²) < 4.78 is 0. The van der Waals surface area contributed by atoms with Crippen LogP contribution in [0.25, 0.3) is 0 Å². The number of guanidine groups is 1. The number of likely N-dealkylation sites (tertiary alicyclic amines) is 1. The van der Waals surface area contributed by atoms with Gasteiger partial charge in [0.05, 0.1) is 6.54 Å². The van der Waals surface area contributed by atoms with Gasteiger partial charge in [-0.2, -0.15) is 0 Å². The third kappa shape index (κ3) is 5.62. The van der Waals surface area contributed by atoms with Crippen molar-refractivity contribution in [3.05, 3.63) is 35.9 Å². The summed E-state index contributed by atoms with van der Waals surface area (Å²) in [5, 5.41) is 6.22. The fraction of sp³-hybridized carbons (Fsp3) is 0.474. The minimum atomic E-state index is 0.229. The highest BCUT2D eigenvalue weighted by Gasteiger charge is 2.28. The minimum Gasteiger partial charge on any atom is -0.357 e. The Morgan fingerprint density at radius 2 is 2.17 bits per heavy atom. The lowest BCUT2D eigenvalue weighted by Crippen LogP contribution is -2.37. The second kappa shape index (κ2) is 9.61. The van der Waals surface area contributed by atoms with Crippen LogP contribution in [-0.2, 0) is 11.2 Å². The largest absolute Gasteiger partial charge is 0.357 e. The molecule has 0 bridgehead atoms. The molecule has 0 saturated carbocycles. The van der Waals surface area contributed by atoms with E-state index in [9.17, 15) is 4.79 Å². The van der Waals surface area contributed by atoms with Gasteiger partial charge in [0.2, 0.25) is 5.91 Å². The van der Waals surface area contributed by atoms with Crippen molar-refractivity contribution >= 4 is 11.9 Å². The van der Waals surface area contributed by atoms with E-state index < -0.39 is 0 Å². The number of nitrogens with zero attached hydrogens (tertiary/aromatic N) is 2. The molecule has 1 saturated heterocycles. The van der Waals surface area contributed by atoms with Crippen LogP contribution < -0.4 is 10.6 Å². The highest BCUT2D eigenvalue weighted by molar-refractivity contribution is 5.80. The summed E-state index contributed by atoms with van der Waals surface area (Å²) in [6.45, 7) is 5.43. The topological polar surface area (TPSA) is 56.7 Å². The van der Waals surface area contributed by atoms with Crippen LogP contribution in [0.3, 0.4) is 0 Å². The average Bonchev–Trinajstić information content (AvgIpc) is 2.96. The van der Waals surface area contributed by atoms with Crippen LogP contribution >= 0.6 is 0 Å². The summed E-state index contributed by atoms with van der Waals surface area (Å²) >= 11 is 0. The Morgan fingerprint density at radius 1 is 1.38 bits per heavy atom. The van der Waals surface area contributed by atoms with Gasteiger partial charge >= 0.3 is 0 Å². The number of hydrogen-bond donors (Lipinski definition) is 2. The normalized spacial score (nSPS) is 17.7. The lowest BCUT2D eigenvalue weighted by molar-refractivity contribution is -0.127. The zero-order valence-corrected chi connectivity index (χ0v) is 14.3. The van der Waals surface area contributed by atoms with E-state index >= 15 is 0 Å². The number of terminal acetylenes is 1. The summed E-state index contributed by atoms with van der Waals surface area (Å²) in [5.74, 6) is 3.75. The number of benzene rings is 1. The quantitative estimate of drug-likeness (QED) is 0.451. The van der Waals surface area contributed by atoms with Crippen LogP contribution in [0.4, 0.5) is 0 Å². The molecule has 0 aromatic heterocycles. The fourth-order valence-electron chi connectivity index (χ4n) is 2.80. The third-order valence-corrected chi connectivity index (χ3v) is 4.02. The van der Waals surface area contributed by atoms with Gasteiger partial charge in [-0.25, -0.2) is 0 Å². The molecule has 1 heterocycles. The summed E-state index contributed by atoms with van der Waals surface area (Å²) in [6, 6.07) is 10.3. The van der Waals surface area contributed by atoms with Crippen LogP contribution in [0.2, 0.25) is 0 Å². The van der Waals surface area contributed by atoms with Gasteiger partial charge in [0.1, 0.15) is 0 Å². The van der Waals surface area contributed by atoms with E-state index in [4.69, 9.17) is 6.42 Å². The summed E-state index contributed by atoms with van der Waals surface area (Å²) in [4.78, 5) is 18.7. The zero-order valence-electron chi connectivity index (χ0n) is 14.3. The second-order valence-electron chi connectivity index (χ2n) is 5.92. The van der Waals surface area contributed by atoms with Crippen LogP contribution in [-0.4, -0.2) is 49.5 Å². The number of nitrogens with one attached hydrogen (secondary N) is 2. The van der Waals surface area contributed by atoms with E-state index in [-0.39, 0.29) is 11.8 Å².